The van der Waals surface area contributed by atoms with Gasteiger partial charge in [0, 0.05) is 67.2 Å². The average Bonchev–Trinajstić information content (AvgIpc) is 3.64. The van der Waals surface area contributed by atoms with E-state index in [9.17, 15) is 9.18 Å². The maximum absolute atomic E-state index is 13.9. The number of aromatic amines is 1. The number of nitrogens with two attached hydrogens (primary N) is 1. The molecule has 0 aliphatic rings. The Hall–Kier alpha value is -4.41. The third kappa shape index (κ3) is 7.38. The number of rotatable bonds is 14. The zero-order valence-electron chi connectivity index (χ0n) is 25.7. The zero-order chi connectivity index (χ0) is 31.1. The number of hydrogen-bond donors (Lipinski definition) is 4. The van der Waals surface area contributed by atoms with Gasteiger partial charge in [-0.25, -0.2) is 14.4 Å². The summed E-state index contributed by atoms with van der Waals surface area (Å²) in [6.07, 6.45) is 11.4. The van der Waals surface area contributed by atoms with Crippen LogP contribution >= 0.6 is 0 Å². The minimum atomic E-state index is -0.569. The Labute approximate surface area is 257 Å². The number of fused-ring (bicyclic) bond motifs is 1. The Balaban J connectivity index is 1.10. The molecule has 5 N–H and O–H groups in total. The molecule has 230 valence electrons. The number of H-pyrrole nitrogens is 1. The normalized spacial score (nSPS) is 12.1. The van der Waals surface area contributed by atoms with Gasteiger partial charge in [-0.1, -0.05) is 25.0 Å². The number of unbranched alkanes of at least 4 members (excludes halogenated alkanes) is 3. The minimum Gasteiger partial charge on any atom is -0.355 e. The van der Waals surface area contributed by atoms with Gasteiger partial charge in [-0.15, -0.1) is 0 Å². The van der Waals surface area contributed by atoms with E-state index in [1.54, 1.807) is 24.8 Å². The lowest BCUT2D eigenvalue weighted by Gasteiger charge is -2.15. The van der Waals surface area contributed by atoms with Gasteiger partial charge >= 0.3 is 0 Å². The van der Waals surface area contributed by atoms with E-state index < -0.39 is 6.04 Å². The first-order chi connectivity index (χ1) is 21.3. The molecule has 0 bridgehead atoms. The lowest BCUT2D eigenvalue weighted by atomic mass is 9.93. The molecule has 0 aliphatic carbocycles. The lowest BCUT2D eigenvalue weighted by Crippen LogP contribution is -2.42. The maximum atomic E-state index is 13.9. The van der Waals surface area contributed by atoms with Gasteiger partial charge in [-0.2, -0.15) is 0 Å². The van der Waals surface area contributed by atoms with Crippen molar-refractivity contribution in [2.75, 3.05) is 13.1 Å². The largest absolute Gasteiger partial charge is 0.355 e. The van der Waals surface area contributed by atoms with E-state index >= 15 is 0 Å². The van der Waals surface area contributed by atoms with Crippen LogP contribution in [0.4, 0.5) is 4.39 Å². The number of benzene rings is 2. The maximum Gasteiger partial charge on any atom is 0.237 e. The van der Waals surface area contributed by atoms with Crippen molar-refractivity contribution in [3.05, 3.63) is 89.6 Å². The van der Waals surface area contributed by atoms with Crippen LogP contribution in [0.3, 0.4) is 0 Å². The molecule has 0 spiro atoms. The fourth-order valence-corrected chi connectivity index (χ4v) is 5.82. The third-order valence-corrected chi connectivity index (χ3v) is 7.97. The van der Waals surface area contributed by atoms with Gasteiger partial charge < -0.3 is 25.9 Å². The minimum absolute atomic E-state index is 0.125. The molecular formula is C34H41FN8O. The molecule has 1 unspecified atom stereocenters. The molecule has 44 heavy (non-hydrogen) atoms. The number of pyridine rings is 1. The first-order valence-electron chi connectivity index (χ1n) is 15.2. The summed E-state index contributed by atoms with van der Waals surface area (Å²) in [7, 11) is 1.99. The molecule has 1 atom stereocenters. The van der Waals surface area contributed by atoms with Crippen molar-refractivity contribution in [2.24, 2.45) is 12.8 Å². The van der Waals surface area contributed by atoms with Gasteiger partial charge in [-0.3, -0.25) is 9.78 Å². The van der Waals surface area contributed by atoms with E-state index in [1.807, 2.05) is 24.0 Å². The van der Waals surface area contributed by atoms with Gasteiger partial charge in [0.15, 0.2) is 0 Å². The molecule has 0 radical (unpaired) electrons. The lowest BCUT2D eigenvalue weighted by molar-refractivity contribution is -0.122. The number of aryl methyl sites for hydroxylation is 3. The van der Waals surface area contributed by atoms with Crippen molar-refractivity contribution < 1.29 is 9.18 Å². The number of amides is 1. The fourth-order valence-electron chi connectivity index (χ4n) is 5.82. The molecule has 5 rings (SSSR count). The fraction of sp³-hybridized carbons (Fsp3) is 0.353. The van der Waals surface area contributed by atoms with Crippen molar-refractivity contribution in [3.63, 3.8) is 0 Å². The van der Waals surface area contributed by atoms with Crippen LogP contribution in [0.1, 0.15) is 48.1 Å². The summed E-state index contributed by atoms with van der Waals surface area (Å²) in [5.74, 6) is -0.424. The van der Waals surface area contributed by atoms with E-state index in [4.69, 9.17) is 10.7 Å². The Kier molecular flexibility index (Phi) is 10.1. The van der Waals surface area contributed by atoms with Crippen molar-refractivity contribution in [2.45, 2.75) is 58.5 Å². The molecule has 0 saturated carbocycles. The second-order valence-corrected chi connectivity index (χ2v) is 11.4. The van der Waals surface area contributed by atoms with Crippen LogP contribution in [0.25, 0.3) is 33.4 Å². The second-order valence-electron chi connectivity index (χ2n) is 11.4. The second kappa shape index (κ2) is 14.4. The molecular weight excluding hydrogens is 555 g/mol. The number of halogens is 1. The van der Waals surface area contributed by atoms with E-state index in [1.165, 1.54) is 17.7 Å². The first kappa shape index (κ1) is 31.0. The van der Waals surface area contributed by atoms with Crippen molar-refractivity contribution in [1.29, 1.82) is 0 Å². The number of nitrogens with zero attached hydrogens (tertiary/aromatic N) is 4. The van der Waals surface area contributed by atoms with Crippen LogP contribution in [0.5, 0.6) is 0 Å². The number of nitrogens with one attached hydrogen (secondary N) is 3. The molecule has 1 amide bonds. The summed E-state index contributed by atoms with van der Waals surface area (Å²) in [6, 6.07) is 10.6. The molecule has 10 heteroatoms. The van der Waals surface area contributed by atoms with Crippen molar-refractivity contribution in [3.8, 4) is 22.5 Å². The highest BCUT2D eigenvalue weighted by Crippen LogP contribution is 2.37. The summed E-state index contributed by atoms with van der Waals surface area (Å²) in [5, 5.41) is 7.40. The van der Waals surface area contributed by atoms with Crippen LogP contribution in [0.2, 0.25) is 0 Å². The predicted molar refractivity (Wildman–Crippen MR) is 172 cm³/mol. The Morgan fingerprint density at radius 2 is 1.82 bits per heavy atom. The highest BCUT2D eigenvalue weighted by molar-refractivity contribution is 5.97. The van der Waals surface area contributed by atoms with E-state index in [0.717, 1.165) is 83.5 Å². The summed E-state index contributed by atoms with van der Waals surface area (Å²) in [5.41, 5.74) is 15.0. The topological polar surface area (TPSA) is 127 Å². The molecule has 2 aromatic carbocycles. The molecule has 3 heterocycles. The SMILES string of the molecule is Cc1cc(CNCCCCCCNC(=O)C(N)Cc2cnc[nH]2)cc(C)c1-c1ncn(C)c1-c1ccnc2cc(F)ccc12. The number of carbonyl (C=O) groups excluding carboxylic acids is 1. The summed E-state index contributed by atoms with van der Waals surface area (Å²) >= 11 is 0. The molecule has 0 saturated heterocycles. The predicted octanol–water partition coefficient (Wildman–Crippen LogP) is 5.12. The number of imidazole rings is 2. The van der Waals surface area contributed by atoms with Crippen LogP contribution in [0.15, 0.2) is 61.4 Å². The smallest absolute Gasteiger partial charge is 0.237 e. The van der Waals surface area contributed by atoms with Crippen LogP contribution in [-0.4, -0.2) is 49.5 Å². The van der Waals surface area contributed by atoms with Gasteiger partial charge in [0.2, 0.25) is 5.91 Å². The Morgan fingerprint density at radius 1 is 1.05 bits per heavy atom. The van der Waals surface area contributed by atoms with E-state index in [0.29, 0.717) is 18.5 Å². The quantitative estimate of drug-likeness (QED) is 0.132. The molecule has 9 nitrogen and oxygen atoms in total. The number of aromatic nitrogens is 5. The zero-order valence-corrected chi connectivity index (χ0v) is 25.7. The third-order valence-electron chi connectivity index (χ3n) is 7.97. The highest BCUT2D eigenvalue weighted by atomic mass is 19.1. The van der Waals surface area contributed by atoms with Gasteiger partial charge in [0.1, 0.15) is 5.82 Å². The summed E-state index contributed by atoms with van der Waals surface area (Å²) in [4.78, 5) is 28.3. The first-order valence-corrected chi connectivity index (χ1v) is 15.2. The van der Waals surface area contributed by atoms with Crippen LogP contribution in [0, 0.1) is 19.7 Å². The van der Waals surface area contributed by atoms with E-state index in [2.05, 4.69) is 51.6 Å². The van der Waals surface area contributed by atoms with E-state index in [-0.39, 0.29) is 11.7 Å². The van der Waals surface area contributed by atoms with Crippen LogP contribution < -0.4 is 16.4 Å². The standard InChI is InChI=1S/C34H41FN8O/c1-22-14-24(18-37-11-6-4-5-7-12-40-34(44)29(36)17-26-19-38-20-41-26)15-23(2)31(22)32-33(43(3)21-42-32)28-10-13-39-30-16-25(35)8-9-27(28)30/h8-10,13-16,19-21,29,37H,4-7,11-12,17-18,36H2,1-3H3,(H,38,41)(H,40,44). The number of carbonyl (C=O) groups is 1. The molecule has 0 aliphatic heterocycles. The number of hydrogen-bond acceptors (Lipinski definition) is 6. The average molecular weight is 597 g/mol. The van der Waals surface area contributed by atoms with Gasteiger partial charge in [0.05, 0.1) is 35.6 Å². The molecule has 3 aromatic heterocycles. The summed E-state index contributed by atoms with van der Waals surface area (Å²) < 4.78 is 15.9. The van der Waals surface area contributed by atoms with Crippen molar-refractivity contribution in [1.82, 2.24) is 35.1 Å². The van der Waals surface area contributed by atoms with Gasteiger partial charge in [0.25, 0.3) is 0 Å². The van der Waals surface area contributed by atoms with Crippen molar-refractivity contribution >= 4 is 16.8 Å². The Bertz CT molecular complexity index is 1690. The Morgan fingerprint density at radius 3 is 2.57 bits per heavy atom. The monoisotopic (exact) mass is 596 g/mol. The molecule has 0 fully saturated rings. The van der Waals surface area contributed by atoms with Crippen LogP contribution in [-0.2, 0) is 24.8 Å². The van der Waals surface area contributed by atoms with Gasteiger partial charge in [-0.05, 0) is 68.1 Å². The molecule has 5 aromatic rings. The summed E-state index contributed by atoms with van der Waals surface area (Å²) in [6.45, 7) is 6.63. The highest BCUT2D eigenvalue weighted by Gasteiger charge is 2.20.